The van der Waals surface area contributed by atoms with Crippen molar-refractivity contribution in [3.05, 3.63) is 11.1 Å². The van der Waals surface area contributed by atoms with Crippen molar-refractivity contribution in [1.82, 2.24) is 4.73 Å². The predicted octanol–water partition coefficient (Wildman–Crippen LogP) is 0.995. The van der Waals surface area contributed by atoms with Crippen molar-refractivity contribution < 1.29 is 40.8 Å². The Morgan fingerprint density at radius 2 is 1.91 bits per heavy atom. The number of epoxide rings is 1. The van der Waals surface area contributed by atoms with Gasteiger partial charge < -0.3 is 14.9 Å². The summed E-state index contributed by atoms with van der Waals surface area (Å²) in [6.45, 7) is 1.79. The summed E-state index contributed by atoms with van der Waals surface area (Å²) in [6, 6.07) is 0. The van der Waals surface area contributed by atoms with E-state index in [-0.39, 0.29) is 40.4 Å². The molecule has 22 heavy (non-hydrogen) atoms. The summed E-state index contributed by atoms with van der Waals surface area (Å²) in [5.41, 5.74) is -5.33. The van der Waals surface area contributed by atoms with Crippen molar-refractivity contribution in [3.63, 3.8) is 0 Å². The number of hydrogen-bond acceptors (Lipinski definition) is 6. The van der Waals surface area contributed by atoms with Crippen LogP contribution < -0.4 is 4.28 Å². The fraction of sp³-hybridized carbons (Fsp3) is 0.636. The molecular formula is C11H12F3NO6S. The Morgan fingerprint density at radius 1 is 1.32 bits per heavy atom. The molecule has 3 atom stereocenters. The zero-order valence-electron chi connectivity index (χ0n) is 11.2. The SMILES string of the molecule is CC1OC1C1CCc2c1c(O)n(OS(=O)(=O)C(F)(F)F)c2O. The van der Waals surface area contributed by atoms with E-state index in [0.29, 0.717) is 6.42 Å². The van der Waals surface area contributed by atoms with Crippen LogP contribution in [0.3, 0.4) is 0 Å². The van der Waals surface area contributed by atoms with Crippen molar-refractivity contribution in [3.8, 4) is 11.8 Å². The number of nitrogens with zero attached hydrogens (tertiary/aromatic N) is 1. The van der Waals surface area contributed by atoms with Crippen LogP contribution in [0.4, 0.5) is 13.2 Å². The normalized spacial score (nSPS) is 27.7. The molecule has 1 aromatic heterocycles. The van der Waals surface area contributed by atoms with E-state index >= 15 is 0 Å². The van der Waals surface area contributed by atoms with E-state index in [1.54, 1.807) is 6.92 Å². The molecular weight excluding hydrogens is 331 g/mol. The fourth-order valence-electron chi connectivity index (χ4n) is 2.83. The number of rotatable bonds is 3. The first-order valence-electron chi connectivity index (χ1n) is 6.36. The molecule has 1 aromatic rings. The Hall–Kier alpha value is -1.62. The van der Waals surface area contributed by atoms with Crippen LogP contribution in [0.5, 0.6) is 11.8 Å². The smallest absolute Gasteiger partial charge is 0.492 e. The number of halogens is 3. The summed E-state index contributed by atoms with van der Waals surface area (Å²) in [5, 5.41) is 19.8. The lowest BCUT2D eigenvalue weighted by Gasteiger charge is -2.12. The maximum absolute atomic E-state index is 12.3. The van der Waals surface area contributed by atoms with Gasteiger partial charge in [-0.25, -0.2) is 0 Å². The van der Waals surface area contributed by atoms with Crippen LogP contribution in [-0.2, 0) is 21.3 Å². The largest absolute Gasteiger partial charge is 0.536 e. The quantitative estimate of drug-likeness (QED) is 0.627. The molecule has 0 radical (unpaired) electrons. The van der Waals surface area contributed by atoms with Crippen LogP contribution in [0, 0.1) is 0 Å². The lowest BCUT2D eigenvalue weighted by atomic mass is 9.98. The Bertz CT molecular complexity index is 725. The number of aromatic hydroxyl groups is 2. The van der Waals surface area contributed by atoms with Gasteiger partial charge in [0.05, 0.1) is 12.2 Å². The van der Waals surface area contributed by atoms with Crippen LogP contribution >= 0.6 is 0 Å². The average molecular weight is 343 g/mol. The molecule has 2 N–H and O–H groups in total. The van der Waals surface area contributed by atoms with E-state index in [1.165, 1.54) is 0 Å². The second kappa shape index (κ2) is 4.44. The summed E-state index contributed by atoms with van der Waals surface area (Å²) in [6.07, 6.45) is 0.518. The molecule has 3 unspecified atom stereocenters. The van der Waals surface area contributed by atoms with Gasteiger partial charge in [0.25, 0.3) is 0 Å². The third-order valence-corrected chi connectivity index (χ3v) is 4.82. The van der Waals surface area contributed by atoms with Gasteiger partial charge in [-0.1, -0.05) is 4.73 Å². The summed E-state index contributed by atoms with van der Waals surface area (Å²) in [7, 11) is -6.00. The molecule has 124 valence electrons. The minimum Gasteiger partial charge on any atom is -0.492 e. The maximum atomic E-state index is 12.3. The van der Waals surface area contributed by atoms with Crippen molar-refractivity contribution in [1.29, 1.82) is 0 Å². The molecule has 0 spiro atoms. The zero-order chi connectivity index (χ0) is 16.4. The van der Waals surface area contributed by atoms with E-state index in [2.05, 4.69) is 4.28 Å². The highest BCUT2D eigenvalue weighted by Crippen LogP contribution is 2.51. The van der Waals surface area contributed by atoms with Crippen LogP contribution in [-0.4, -0.2) is 41.1 Å². The molecule has 0 amide bonds. The van der Waals surface area contributed by atoms with E-state index < -0.39 is 27.4 Å². The Morgan fingerprint density at radius 3 is 2.41 bits per heavy atom. The summed E-state index contributed by atoms with van der Waals surface area (Å²) < 4.78 is 68.1. The number of ether oxygens (including phenoxy) is 1. The minimum absolute atomic E-state index is 0.0688. The number of aromatic nitrogens is 1. The first kappa shape index (κ1) is 15.3. The summed E-state index contributed by atoms with van der Waals surface area (Å²) in [5.74, 6) is -2.03. The number of alkyl halides is 3. The third-order valence-electron chi connectivity index (χ3n) is 3.91. The Balaban J connectivity index is 1.99. The van der Waals surface area contributed by atoms with Crippen molar-refractivity contribution in [2.24, 2.45) is 0 Å². The van der Waals surface area contributed by atoms with Gasteiger partial charge in [0, 0.05) is 17.0 Å². The van der Waals surface area contributed by atoms with Crippen molar-refractivity contribution in [2.75, 3.05) is 0 Å². The van der Waals surface area contributed by atoms with E-state index in [9.17, 15) is 31.8 Å². The first-order chi connectivity index (χ1) is 10.0. The third kappa shape index (κ3) is 2.10. The molecule has 0 bridgehead atoms. The van der Waals surface area contributed by atoms with Gasteiger partial charge >= 0.3 is 15.6 Å². The van der Waals surface area contributed by atoms with Gasteiger partial charge in [-0.05, 0) is 19.8 Å². The fourth-order valence-corrected chi connectivity index (χ4v) is 3.25. The van der Waals surface area contributed by atoms with Gasteiger partial charge in [-0.2, -0.15) is 21.6 Å². The molecule has 3 rings (SSSR count). The molecule has 11 heteroatoms. The Kier molecular flexibility index (Phi) is 3.09. The van der Waals surface area contributed by atoms with Gasteiger partial charge in [0.1, 0.15) is 0 Å². The second-order valence-electron chi connectivity index (χ2n) is 5.26. The zero-order valence-corrected chi connectivity index (χ0v) is 12.0. The van der Waals surface area contributed by atoms with Crippen molar-refractivity contribution in [2.45, 2.75) is 43.4 Å². The number of fused-ring (bicyclic) bond motifs is 1. The van der Waals surface area contributed by atoms with Gasteiger partial charge in [-0.3, -0.25) is 4.28 Å². The Labute approximate surface area is 122 Å². The number of hydrogen-bond donors (Lipinski definition) is 2. The predicted molar refractivity (Wildman–Crippen MR) is 64.7 cm³/mol. The maximum Gasteiger partial charge on any atom is 0.536 e. The molecule has 1 aliphatic heterocycles. The molecule has 2 heterocycles. The van der Waals surface area contributed by atoms with Crippen LogP contribution in [0.25, 0.3) is 0 Å². The van der Waals surface area contributed by atoms with Gasteiger partial charge in [0.15, 0.2) is 0 Å². The average Bonchev–Trinajstić information content (AvgIpc) is 2.88. The van der Waals surface area contributed by atoms with Crippen molar-refractivity contribution >= 4 is 10.1 Å². The summed E-state index contributed by atoms with van der Waals surface area (Å²) in [4.78, 5) is 0. The van der Waals surface area contributed by atoms with Gasteiger partial charge in [0.2, 0.25) is 11.8 Å². The summed E-state index contributed by atoms with van der Waals surface area (Å²) >= 11 is 0. The highest BCUT2D eigenvalue weighted by Gasteiger charge is 2.52. The van der Waals surface area contributed by atoms with Crippen LogP contribution in [0.1, 0.15) is 30.4 Å². The molecule has 0 aromatic carbocycles. The molecule has 7 nitrogen and oxygen atoms in total. The first-order valence-corrected chi connectivity index (χ1v) is 7.77. The van der Waals surface area contributed by atoms with E-state index in [0.717, 1.165) is 0 Å². The topological polar surface area (TPSA) is 101 Å². The van der Waals surface area contributed by atoms with Crippen LogP contribution in [0.2, 0.25) is 0 Å². The highest BCUT2D eigenvalue weighted by molar-refractivity contribution is 7.87. The van der Waals surface area contributed by atoms with E-state index in [4.69, 9.17) is 4.74 Å². The molecule has 1 saturated heterocycles. The minimum atomic E-state index is -6.00. The lowest BCUT2D eigenvalue weighted by molar-refractivity contribution is -0.0554. The molecule has 0 saturated carbocycles. The highest BCUT2D eigenvalue weighted by atomic mass is 32.2. The second-order valence-corrected chi connectivity index (χ2v) is 6.78. The molecule has 2 aliphatic rings. The lowest BCUT2D eigenvalue weighted by Crippen LogP contribution is -2.33. The van der Waals surface area contributed by atoms with Crippen LogP contribution in [0.15, 0.2) is 0 Å². The van der Waals surface area contributed by atoms with Gasteiger partial charge in [-0.15, -0.1) is 0 Å². The van der Waals surface area contributed by atoms with E-state index in [1.807, 2.05) is 0 Å². The molecule has 1 fully saturated rings. The molecule has 1 aliphatic carbocycles. The monoisotopic (exact) mass is 343 g/mol. The standard InChI is InChI=1S/C11H12F3NO6S/c1-4-8(20-4)5-2-3-6-7(5)10(17)15(9(6)16)21-22(18,19)11(12,13)14/h4-5,8,16-17H,2-3H2,1H3.